The van der Waals surface area contributed by atoms with Gasteiger partial charge in [-0.05, 0) is 40.2 Å². The molecule has 0 unspecified atom stereocenters. The van der Waals surface area contributed by atoms with Crippen molar-refractivity contribution in [2.45, 2.75) is 0 Å². The van der Waals surface area contributed by atoms with Gasteiger partial charge in [0.25, 0.3) is 11.8 Å². The van der Waals surface area contributed by atoms with E-state index in [2.05, 4.69) is 15.9 Å². The summed E-state index contributed by atoms with van der Waals surface area (Å²) in [6.45, 7) is 0. The fraction of sp³-hybridized carbons (Fsp3) is 0. The highest BCUT2D eigenvalue weighted by molar-refractivity contribution is 9.10. The first kappa shape index (κ1) is 12.8. The maximum atomic E-state index is 14.1. The number of phenolic OH excluding ortho intramolecular Hbond substituents is 1. The molecule has 20 heavy (non-hydrogen) atoms. The molecule has 0 saturated heterocycles. The molecule has 2 aromatic carbocycles. The Morgan fingerprint density at radius 2 is 1.55 bits per heavy atom. The van der Waals surface area contributed by atoms with Gasteiger partial charge in [-0.25, -0.2) is 9.29 Å². The summed E-state index contributed by atoms with van der Waals surface area (Å²) in [4.78, 5) is 25.1. The van der Waals surface area contributed by atoms with Gasteiger partial charge in [0.15, 0.2) is 5.82 Å². The third-order valence-electron chi connectivity index (χ3n) is 3.07. The summed E-state index contributed by atoms with van der Waals surface area (Å²) in [6, 6.07) is 8.72. The summed E-state index contributed by atoms with van der Waals surface area (Å²) >= 11 is 2.97. The number of amides is 2. The molecule has 0 radical (unpaired) electrons. The van der Waals surface area contributed by atoms with E-state index in [-0.39, 0.29) is 15.6 Å². The first-order valence-corrected chi connectivity index (χ1v) is 6.46. The Morgan fingerprint density at radius 3 is 2.10 bits per heavy atom. The summed E-state index contributed by atoms with van der Waals surface area (Å²) in [5, 5.41) is 9.78. The van der Waals surface area contributed by atoms with E-state index in [0.717, 1.165) is 0 Å². The van der Waals surface area contributed by atoms with E-state index >= 15 is 0 Å². The van der Waals surface area contributed by atoms with E-state index < -0.39 is 29.1 Å². The van der Waals surface area contributed by atoms with Gasteiger partial charge in [0.2, 0.25) is 0 Å². The Kier molecular flexibility index (Phi) is 2.83. The van der Waals surface area contributed by atoms with E-state index in [9.17, 15) is 19.1 Å². The standard InChI is InChI=1S/C14H7BrFNO3/c15-9-5-6-10(18)12(11(9)16)17-13(19)7-3-1-2-4-8(7)14(17)20/h1-6,18H. The predicted octanol–water partition coefficient (Wildman–Crippen LogP) is 3.09. The minimum atomic E-state index is -0.862. The Bertz CT molecular complexity index is 725. The van der Waals surface area contributed by atoms with Crippen LogP contribution in [0, 0.1) is 5.82 Å². The molecule has 0 aromatic heterocycles. The number of benzene rings is 2. The first-order valence-electron chi connectivity index (χ1n) is 5.67. The summed E-state index contributed by atoms with van der Waals surface area (Å²) in [6.07, 6.45) is 0. The van der Waals surface area contributed by atoms with E-state index in [0.29, 0.717) is 4.90 Å². The first-order chi connectivity index (χ1) is 9.52. The SMILES string of the molecule is O=C1c2ccccc2C(=O)N1c1c(O)ccc(Br)c1F. The van der Waals surface area contributed by atoms with Crippen LogP contribution in [0.2, 0.25) is 0 Å². The Morgan fingerprint density at radius 1 is 1.00 bits per heavy atom. The van der Waals surface area contributed by atoms with Crippen LogP contribution in [0.4, 0.5) is 10.1 Å². The van der Waals surface area contributed by atoms with Crippen LogP contribution in [0.25, 0.3) is 0 Å². The summed E-state index contributed by atoms with van der Waals surface area (Å²) in [5.41, 5.74) is -0.0573. The number of nitrogens with zero attached hydrogens (tertiary/aromatic N) is 1. The van der Waals surface area contributed by atoms with Gasteiger partial charge >= 0.3 is 0 Å². The number of imide groups is 1. The Balaban J connectivity index is 2.22. The maximum absolute atomic E-state index is 14.1. The van der Waals surface area contributed by atoms with Crippen LogP contribution in [0.3, 0.4) is 0 Å². The van der Waals surface area contributed by atoms with Crippen molar-refractivity contribution >= 4 is 33.4 Å². The van der Waals surface area contributed by atoms with E-state index in [1.807, 2.05) is 0 Å². The van der Waals surface area contributed by atoms with Gasteiger partial charge < -0.3 is 5.11 Å². The van der Waals surface area contributed by atoms with Crippen LogP contribution in [-0.4, -0.2) is 16.9 Å². The highest BCUT2D eigenvalue weighted by Crippen LogP contribution is 2.38. The molecule has 4 nitrogen and oxygen atoms in total. The maximum Gasteiger partial charge on any atom is 0.266 e. The van der Waals surface area contributed by atoms with Gasteiger partial charge in [-0.3, -0.25) is 9.59 Å². The summed E-state index contributed by atoms with van der Waals surface area (Å²) < 4.78 is 14.2. The molecule has 2 aromatic rings. The normalized spacial score (nSPS) is 13.8. The van der Waals surface area contributed by atoms with Crippen LogP contribution >= 0.6 is 15.9 Å². The predicted molar refractivity (Wildman–Crippen MR) is 73.3 cm³/mol. The zero-order valence-electron chi connectivity index (χ0n) is 9.93. The third-order valence-corrected chi connectivity index (χ3v) is 3.68. The van der Waals surface area contributed by atoms with Crippen LogP contribution in [-0.2, 0) is 0 Å². The molecule has 3 rings (SSSR count). The van der Waals surface area contributed by atoms with Crippen molar-refractivity contribution < 1.29 is 19.1 Å². The minimum Gasteiger partial charge on any atom is -0.506 e. The van der Waals surface area contributed by atoms with Crippen molar-refractivity contribution in [2.75, 3.05) is 4.90 Å². The number of aromatic hydroxyl groups is 1. The van der Waals surface area contributed by atoms with Crippen molar-refractivity contribution in [1.29, 1.82) is 0 Å². The number of hydrogen-bond donors (Lipinski definition) is 1. The molecular formula is C14H7BrFNO3. The highest BCUT2D eigenvalue weighted by atomic mass is 79.9. The van der Waals surface area contributed by atoms with E-state index in [1.54, 1.807) is 12.1 Å². The third kappa shape index (κ3) is 1.65. The average Bonchev–Trinajstić information content (AvgIpc) is 2.69. The van der Waals surface area contributed by atoms with Gasteiger partial charge in [-0.1, -0.05) is 12.1 Å². The van der Waals surface area contributed by atoms with E-state index in [4.69, 9.17) is 0 Å². The van der Waals surface area contributed by atoms with Gasteiger partial charge in [0, 0.05) is 0 Å². The smallest absolute Gasteiger partial charge is 0.266 e. The monoisotopic (exact) mass is 335 g/mol. The molecule has 1 N–H and O–H groups in total. The molecule has 0 fully saturated rings. The molecule has 1 aliphatic rings. The summed E-state index contributed by atoms with van der Waals surface area (Å²) in [5.74, 6) is -2.64. The number of phenols is 1. The molecule has 0 bridgehead atoms. The second-order valence-corrected chi connectivity index (χ2v) is 5.07. The van der Waals surface area contributed by atoms with Crippen molar-refractivity contribution in [2.24, 2.45) is 0 Å². The lowest BCUT2D eigenvalue weighted by molar-refractivity contribution is 0.0923. The Hall–Kier alpha value is -2.21. The molecule has 1 heterocycles. The zero-order chi connectivity index (χ0) is 14.4. The number of halogens is 2. The molecule has 6 heteroatoms. The molecular weight excluding hydrogens is 329 g/mol. The van der Waals surface area contributed by atoms with Crippen molar-refractivity contribution in [1.82, 2.24) is 0 Å². The largest absolute Gasteiger partial charge is 0.506 e. The fourth-order valence-corrected chi connectivity index (χ4v) is 2.45. The van der Waals surface area contributed by atoms with Crippen LogP contribution in [0.1, 0.15) is 20.7 Å². The average molecular weight is 336 g/mol. The zero-order valence-corrected chi connectivity index (χ0v) is 11.5. The molecule has 0 saturated carbocycles. The lowest BCUT2D eigenvalue weighted by Gasteiger charge is -2.16. The molecule has 0 atom stereocenters. The number of anilines is 1. The molecule has 1 aliphatic heterocycles. The second kappa shape index (κ2) is 4.42. The van der Waals surface area contributed by atoms with Crippen LogP contribution in [0.15, 0.2) is 40.9 Å². The fourth-order valence-electron chi connectivity index (χ4n) is 2.13. The molecule has 100 valence electrons. The van der Waals surface area contributed by atoms with Gasteiger partial charge in [-0.2, -0.15) is 0 Å². The number of carbonyl (C=O) groups is 2. The van der Waals surface area contributed by atoms with Crippen LogP contribution in [0.5, 0.6) is 5.75 Å². The molecule has 2 amide bonds. The topological polar surface area (TPSA) is 57.6 Å². The lowest BCUT2D eigenvalue weighted by Crippen LogP contribution is -2.30. The second-order valence-electron chi connectivity index (χ2n) is 4.22. The lowest BCUT2D eigenvalue weighted by atomic mass is 10.1. The number of carbonyl (C=O) groups excluding carboxylic acids is 2. The minimum absolute atomic E-state index is 0.0573. The number of rotatable bonds is 1. The molecule has 0 spiro atoms. The Labute approximate surface area is 121 Å². The van der Waals surface area contributed by atoms with Gasteiger partial charge in [-0.15, -0.1) is 0 Å². The van der Waals surface area contributed by atoms with E-state index in [1.165, 1.54) is 24.3 Å². The van der Waals surface area contributed by atoms with Gasteiger partial charge in [0.1, 0.15) is 11.4 Å². The van der Waals surface area contributed by atoms with Crippen molar-refractivity contribution in [3.8, 4) is 5.75 Å². The van der Waals surface area contributed by atoms with Crippen LogP contribution < -0.4 is 4.90 Å². The summed E-state index contributed by atoms with van der Waals surface area (Å²) in [7, 11) is 0. The quantitative estimate of drug-likeness (QED) is 0.814. The van der Waals surface area contributed by atoms with Crippen molar-refractivity contribution in [3.63, 3.8) is 0 Å². The van der Waals surface area contributed by atoms with Gasteiger partial charge in [0.05, 0.1) is 15.6 Å². The van der Waals surface area contributed by atoms with Crippen molar-refractivity contribution in [3.05, 3.63) is 57.8 Å². The number of hydrogen-bond acceptors (Lipinski definition) is 3. The highest BCUT2D eigenvalue weighted by Gasteiger charge is 2.39. The molecule has 0 aliphatic carbocycles. The number of fused-ring (bicyclic) bond motifs is 1.